The van der Waals surface area contributed by atoms with Crippen LogP contribution in [0.5, 0.6) is 0 Å². The molecule has 0 saturated carbocycles. The highest BCUT2D eigenvalue weighted by Gasteiger charge is 2.38. The summed E-state index contributed by atoms with van der Waals surface area (Å²) in [5.41, 5.74) is 1.60. The molecule has 42 heavy (non-hydrogen) atoms. The van der Waals surface area contributed by atoms with Crippen LogP contribution in [0.2, 0.25) is 10.3 Å². The predicted molar refractivity (Wildman–Crippen MR) is 143 cm³/mol. The topological polar surface area (TPSA) is 94.5 Å². The Bertz CT molecular complexity index is 1650. The molecule has 15 heteroatoms. The zero-order valence-electron chi connectivity index (χ0n) is 21.6. The number of carbonyl (C=O) groups is 2. The van der Waals surface area contributed by atoms with Crippen LogP contribution >= 0.6 is 23.2 Å². The number of alkyl halides is 5. The maximum Gasteiger partial charge on any atom is 0.473 e. The maximum atomic E-state index is 12.4. The predicted octanol–water partition coefficient (Wildman–Crippen LogP) is 5.41. The number of nitrogens with zero attached hydrogens (tertiary/aromatic N) is 6. The van der Waals surface area contributed by atoms with E-state index in [1.54, 1.807) is 72.5 Å². The van der Waals surface area contributed by atoms with Gasteiger partial charge < -0.3 is 9.13 Å². The van der Waals surface area contributed by atoms with Crippen LogP contribution in [-0.4, -0.2) is 43.5 Å². The lowest BCUT2D eigenvalue weighted by molar-refractivity contribution is -0.169. The molecule has 0 spiro atoms. The molecule has 4 rings (SSSR count). The van der Waals surface area contributed by atoms with E-state index in [4.69, 9.17) is 23.2 Å². The third-order valence-electron chi connectivity index (χ3n) is 5.45. The van der Waals surface area contributed by atoms with Crippen molar-refractivity contribution in [3.8, 4) is 0 Å². The molecule has 0 bridgehead atoms. The van der Waals surface area contributed by atoms with Crippen LogP contribution in [-0.2, 0) is 16.1 Å². The molecule has 2 amide bonds. The van der Waals surface area contributed by atoms with Crippen molar-refractivity contribution in [3.63, 3.8) is 0 Å². The summed E-state index contributed by atoms with van der Waals surface area (Å²) in [4.78, 5) is 36.5. The Hall–Kier alpha value is -4.23. The van der Waals surface area contributed by atoms with Gasteiger partial charge in [-0.15, -0.1) is 0 Å². The minimum absolute atomic E-state index is 0.0905. The first kappa shape index (κ1) is 32.3. The highest BCUT2D eigenvalue weighted by Crippen LogP contribution is 2.18. The van der Waals surface area contributed by atoms with Gasteiger partial charge in [-0.1, -0.05) is 47.5 Å². The van der Waals surface area contributed by atoms with Gasteiger partial charge in [-0.25, -0.2) is 9.97 Å². The quantitative estimate of drug-likeness (QED) is 0.219. The van der Waals surface area contributed by atoms with Crippen molar-refractivity contribution in [2.24, 2.45) is 9.98 Å². The normalized spacial score (nSPS) is 13.0. The van der Waals surface area contributed by atoms with Crippen molar-refractivity contribution in [1.82, 2.24) is 19.1 Å². The number of carbonyl (C=O) groups excluding carboxylic acids is 2. The van der Waals surface area contributed by atoms with Crippen LogP contribution in [0.4, 0.5) is 22.0 Å². The second-order valence-corrected chi connectivity index (χ2v) is 9.17. The van der Waals surface area contributed by atoms with E-state index in [1.165, 1.54) is 29.0 Å². The van der Waals surface area contributed by atoms with Crippen molar-refractivity contribution in [3.05, 3.63) is 118 Å². The zero-order valence-corrected chi connectivity index (χ0v) is 23.1. The highest BCUT2D eigenvalue weighted by molar-refractivity contribution is 6.29. The van der Waals surface area contributed by atoms with Crippen molar-refractivity contribution < 1.29 is 31.5 Å². The summed E-state index contributed by atoms with van der Waals surface area (Å²) in [7, 11) is 0. The second kappa shape index (κ2) is 14.6. The Morgan fingerprint density at radius 3 is 2.05 bits per heavy atom. The fourth-order valence-electron chi connectivity index (χ4n) is 3.39. The Kier molecular flexibility index (Phi) is 11.2. The molecular formula is C27H21Cl2F5N6O2. The van der Waals surface area contributed by atoms with Gasteiger partial charge in [0.05, 0.1) is 12.6 Å². The van der Waals surface area contributed by atoms with Gasteiger partial charge in [0.25, 0.3) is 0 Å². The SMILES string of the molecule is CC(c1ccc(Cl)nc1)n1ccccc1=NC(=O)C(F)(F)F.O=C(N=c1ccccn1Cc1ccc(Cl)nc1)C(F)F. The first-order valence-electron chi connectivity index (χ1n) is 11.9. The summed E-state index contributed by atoms with van der Waals surface area (Å²) in [6.07, 6.45) is -1.84. The van der Waals surface area contributed by atoms with E-state index >= 15 is 0 Å². The summed E-state index contributed by atoms with van der Waals surface area (Å²) < 4.78 is 64.6. The average Bonchev–Trinajstić information content (AvgIpc) is 2.95. The van der Waals surface area contributed by atoms with E-state index in [-0.39, 0.29) is 17.0 Å². The molecule has 1 unspecified atom stereocenters. The van der Waals surface area contributed by atoms with Crippen molar-refractivity contribution in [2.75, 3.05) is 0 Å². The van der Waals surface area contributed by atoms with E-state index in [0.717, 1.165) is 11.1 Å². The molecule has 0 radical (unpaired) electrons. The van der Waals surface area contributed by atoms with Gasteiger partial charge in [0.2, 0.25) is 0 Å². The van der Waals surface area contributed by atoms with Crippen LogP contribution in [0, 0.1) is 0 Å². The Labute approximate surface area is 245 Å². The molecular weight excluding hydrogens is 606 g/mol. The fourth-order valence-corrected chi connectivity index (χ4v) is 3.62. The smallest absolute Gasteiger partial charge is 0.328 e. The first-order chi connectivity index (χ1) is 19.8. The molecule has 1 atom stereocenters. The summed E-state index contributed by atoms with van der Waals surface area (Å²) in [6.45, 7) is 2.10. The number of hydrogen-bond acceptors (Lipinski definition) is 4. The van der Waals surface area contributed by atoms with Gasteiger partial charge in [-0.2, -0.15) is 31.9 Å². The van der Waals surface area contributed by atoms with E-state index in [1.807, 2.05) is 0 Å². The molecule has 4 aromatic heterocycles. The minimum Gasteiger partial charge on any atom is -0.328 e. The Balaban J connectivity index is 0.000000231. The van der Waals surface area contributed by atoms with E-state index in [9.17, 15) is 31.5 Å². The van der Waals surface area contributed by atoms with Gasteiger partial charge in [0.1, 0.15) is 21.3 Å². The Morgan fingerprint density at radius 2 is 1.48 bits per heavy atom. The van der Waals surface area contributed by atoms with Gasteiger partial charge in [0, 0.05) is 24.8 Å². The number of rotatable bonds is 5. The number of halogens is 7. The van der Waals surface area contributed by atoms with Gasteiger partial charge >= 0.3 is 24.4 Å². The molecule has 0 saturated heterocycles. The van der Waals surface area contributed by atoms with Crippen molar-refractivity contribution >= 4 is 35.0 Å². The molecule has 0 fully saturated rings. The summed E-state index contributed by atoms with van der Waals surface area (Å²) in [5.74, 6) is -3.60. The monoisotopic (exact) mass is 626 g/mol. The van der Waals surface area contributed by atoms with E-state index in [0.29, 0.717) is 16.9 Å². The van der Waals surface area contributed by atoms with Gasteiger partial charge in [0.15, 0.2) is 0 Å². The number of hydrogen-bond donors (Lipinski definition) is 0. The number of amides is 2. The summed E-state index contributed by atoms with van der Waals surface area (Å²) >= 11 is 11.4. The van der Waals surface area contributed by atoms with E-state index in [2.05, 4.69) is 20.0 Å². The fraction of sp³-hybridized carbons (Fsp3) is 0.185. The standard InChI is InChI=1S/C14H11ClF3N3O.C13H10ClF2N3O/c1-9(10-5-6-11(15)19-8-10)21-7-3-2-4-12(21)20-13(22)14(16,17)18;14-10-5-4-9(7-17-10)8-19-6-2-1-3-11(19)18-13(20)12(15)16/h2-9H,1H3;1-7,12H,8H2. The molecule has 0 aromatic carbocycles. The largest absolute Gasteiger partial charge is 0.473 e. The lowest BCUT2D eigenvalue weighted by atomic mass is 10.1. The van der Waals surface area contributed by atoms with Gasteiger partial charge in [-0.05, 0) is 54.4 Å². The van der Waals surface area contributed by atoms with Crippen LogP contribution in [0.1, 0.15) is 24.1 Å². The molecule has 0 aliphatic rings. The minimum atomic E-state index is -5.00. The highest BCUT2D eigenvalue weighted by atomic mass is 35.5. The van der Waals surface area contributed by atoms with Crippen molar-refractivity contribution in [2.45, 2.75) is 32.1 Å². The number of pyridine rings is 4. The van der Waals surface area contributed by atoms with Crippen LogP contribution in [0.25, 0.3) is 0 Å². The summed E-state index contributed by atoms with van der Waals surface area (Å²) in [5, 5.41) is 0.677. The van der Waals surface area contributed by atoms with E-state index < -0.39 is 24.4 Å². The molecule has 4 aromatic rings. The second-order valence-electron chi connectivity index (χ2n) is 8.40. The number of aromatic nitrogens is 4. The molecule has 0 N–H and O–H groups in total. The molecule has 0 aliphatic heterocycles. The molecule has 8 nitrogen and oxygen atoms in total. The zero-order chi connectivity index (χ0) is 30.9. The van der Waals surface area contributed by atoms with Crippen LogP contribution in [0.15, 0.2) is 95.4 Å². The molecule has 220 valence electrons. The molecule has 4 heterocycles. The van der Waals surface area contributed by atoms with Crippen LogP contribution in [0.3, 0.4) is 0 Å². The third kappa shape index (κ3) is 9.42. The van der Waals surface area contributed by atoms with Crippen LogP contribution < -0.4 is 11.0 Å². The first-order valence-corrected chi connectivity index (χ1v) is 12.7. The lowest BCUT2D eigenvalue weighted by Crippen LogP contribution is -2.29. The lowest BCUT2D eigenvalue weighted by Gasteiger charge is -2.16. The molecule has 0 aliphatic carbocycles. The third-order valence-corrected chi connectivity index (χ3v) is 5.89. The van der Waals surface area contributed by atoms with Crippen molar-refractivity contribution in [1.29, 1.82) is 0 Å². The summed E-state index contributed by atoms with van der Waals surface area (Å²) in [6, 6.07) is 15.6. The Morgan fingerprint density at radius 1 is 0.857 bits per heavy atom. The average molecular weight is 627 g/mol. The van der Waals surface area contributed by atoms with Gasteiger partial charge in [-0.3, -0.25) is 9.59 Å². The maximum absolute atomic E-state index is 12.4.